The number of carboxylic acids is 2. The zero-order valence-electron chi connectivity index (χ0n) is 24.8. The third-order valence-electron chi connectivity index (χ3n) is 4.98. The molecule has 3 rings (SSSR count). The predicted octanol–water partition coefficient (Wildman–Crippen LogP) is 3.33. The van der Waals surface area contributed by atoms with Gasteiger partial charge < -0.3 is 36.1 Å². The van der Waals surface area contributed by atoms with Gasteiger partial charge in [0.2, 0.25) is 11.2 Å². The van der Waals surface area contributed by atoms with Gasteiger partial charge in [0.15, 0.2) is 0 Å². The van der Waals surface area contributed by atoms with E-state index >= 15 is 0 Å². The highest BCUT2D eigenvalue weighted by atomic mass is 32.1. The molecule has 0 fully saturated rings. The summed E-state index contributed by atoms with van der Waals surface area (Å²) in [5.41, 5.74) is 8.36. The number of H-pyrrole nitrogens is 1. The number of rotatable bonds is 6. The van der Waals surface area contributed by atoms with Gasteiger partial charge in [0.05, 0.1) is 11.9 Å². The number of aromatic amines is 1. The number of anilines is 1. The second-order valence-corrected chi connectivity index (χ2v) is 11.8. The van der Waals surface area contributed by atoms with Crippen molar-refractivity contribution in [1.82, 2.24) is 5.32 Å². The number of carbonyl (C=O) groups excluding carboxylic acids is 2. The van der Waals surface area contributed by atoms with Gasteiger partial charge in [0.1, 0.15) is 21.1 Å². The predicted molar refractivity (Wildman–Crippen MR) is 151 cm³/mol. The summed E-state index contributed by atoms with van der Waals surface area (Å²) in [5.74, 6) is -5.76. The van der Waals surface area contributed by atoms with Gasteiger partial charge in [-0.05, 0) is 58.9 Å². The highest BCUT2D eigenvalue weighted by Gasteiger charge is 2.38. The van der Waals surface area contributed by atoms with E-state index < -0.39 is 36.0 Å². The molecule has 6 N–H and O–H groups in total. The van der Waals surface area contributed by atoms with Crippen LogP contribution in [0.4, 0.5) is 36.8 Å². The van der Waals surface area contributed by atoms with E-state index in [0.29, 0.717) is 19.6 Å². The second-order valence-electron chi connectivity index (χ2n) is 10.7. The normalized spacial score (nSPS) is 12.4. The van der Waals surface area contributed by atoms with Crippen LogP contribution in [0.5, 0.6) is 0 Å². The van der Waals surface area contributed by atoms with Gasteiger partial charge in [-0.1, -0.05) is 0 Å². The van der Waals surface area contributed by atoms with Crippen LogP contribution in [0.25, 0.3) is 20.8 Å². The van der Waals surface area contributed by atoms with Crippen LogP contribution >= 0.6 is 11.3 Å². The molecule has 1 heterocycles. The first kappa shape index (κ1) is 38.8. The Morgan fingerprint density at radius 1 is 1.00 bits per heavy atom. The maximum Gasteiger partial charge on any atom is 0.490 e. The minimum Gasteiger partial charge on any atom is -0.542 e. The zero-order chi connectivity index (χ0) is 34.8. The minimum atomic E-state index is -5.19. The van der Waals surface area contributed by atoms with Crippen LogP contribution in [0, 0.1) is 0 Å². The molecule has 250 valence electrons. The zero-order valence-corrected chi connectivity index (χ0v) is 25.6. The number of ether oxygens (including phenoxy) is 1. The summed E-state index contributed by atoms with van der Waals surface area (Å²) in [5, 5.41) is 23.0. The summed E-state index contributed by atoms with van der Waals surface area (Å²) in [6.45, 7) is 11.1. The van der Waals surface area contributed by atoms with E-state index in [1.54, 1.807) is 11.3 Å². The number of nitrogens with zero attached hydrogens (tertiary/aromatic N) is 1. The van der Waals surface area contributed by atoms with Gasteiger partial charge in [0, 0.05) is 36.4 Å². The van der Waals surface area contributed by atoms with Gasteiger partial charge >= 0.3 is 24.4 Å². The van der Waals surface area contributed by atoms with Crippen molar-refractivity contribution < 1.29 is 60.7 Å². The molecule has 1 aliphatic carbocycles. The van der Waals surface area contributed by atoms with E-state index in [1.807, 2.05) is 32.9 Å². The maximum atomic E-state index is 11.7. The van der Waals surface area contributed by atoms with Crippen molar-refractivity contribution >= 4 is 45.3 Å². The van der Waals surface area contributed by atoms with Crippen molar-refractivity contribution in [1.29, 1.82) is 0 Å². The van der Waals surface area contributed by atoms with Gasteiger partial charge in [-0.25, -0.2) is 14.6 Å². The van der Waals surface area contributed by atoms with Crippen LogP contribution in [0.3, 0.4) is 0 Å². The van der Waals surface area contributed by atoms with Crippen molar-refractivity contribution in [2.45, 2.75) is 58.1 Å². The molecule has 0 bridgehead atoms. The molecule has 0 atom stereocenters. The Labute approximate surface area is 257 Å². The van der Waals surface area contributed by atoms with Crippen LogP contribution in [0.1, 0.15) is 34.6 Å². The number of amides is 1. The summed E-state index contributed by atoms with van der Waals surface area (Å²) in [6, 6.07) is 12.4. The smallest absolute Gasteiger partial charge is 0.490 e. The SMILES string of the molecule is CC(C)(CN)Nc1ccc2[nH+]c3ccc(=NCCNC(=O)OC(C)(C)C)cc-3sc2c1.O=C(O)C(F)(F)F.O=C([O-])C(F)(F)F. The summed E-state index contributed by atoms with van der Waals surface area (Å²) >= 11 is 1.71. The molecule has 0 radical (unpaired) electrons. The summed E-state index contributed by atoms with van der Waals surface area (Å²) in [7, 11) is 0. The number of carboxylic acid groups (broad SMARTS) is 2. The molecule has 0 saturated carbocycles. The molecule has 1 aromatic carbocycles. The lowest BCUT2D eigenvalue weighted by Gasteiger charge is -2.25. The number of nitrogens with one attached hydrogen (secondary N) is 3. The number of alkyl halides is 6. The lowest BCUT2D eigenvalue weighted by molar-refractivity contribution is -0.344. The van der Waals surface area contributed by atoms with E-state index in [-0.39, 0.29) is 5.54 Å². The fourth-order valence-electron chi connectivity index (χ4n) is 2.95. The summed E-state index contributed by atoms with van der Waals surface area (Å²) in [6.07, 6.45) is -10.7. The molecule has 2 aliphatic rings. The van der Waals surface area contributed by atoms with Gasteiger partial charge in [-0.3, -0.25) is 4.99 Å². The molecule has 11 nitrogen and oxygen atoms in total. The molecule has 0 aromatic heterocycles. The Bertz CT molecular complexity index is 1480. The number of aromatic nitrogens is 1. The topological polar surface area (TPSA) is 180 Å². The first-order chi connectivity index (χ1) is 20.4. The highest BCUT2D eigenvalue weighted by Crippen LogP contribution is 2.29. The van der Waals surface area contributed by atoms with Crippen molar-refractivity contribution in [2.75, 3.05) is 25.0 Å². The molecular weight excluding hydrogens is 636 g/mol. The number of halogens is 6. The Morgan fingerprint density at radius 2 is 1.58 bits per heavy atom. The summed E-state index contributed by atoms with van der Waals surface area (Å²) in [4.78, 5) is 38.6. The molecule has 0 unspecified atom stereocenters. The maximum absolute atomic E-state index is 11.7. The molecule has 0 saturated heterocycles. The fraction of sp³-hybridized carbons (Fsp3) is 0.444. The number of alkyl carbamates (subject to hydrolysis) is 1. The van der Waals surface area contributed by atoms with Crippen LogP contribution < -0.4 is 31.8 Å². The number of nitrogens with two attached hydrogens (primary N) is 1. The van der Waals surface area contributed by atoms with Crippen molar-refractivity contribution in [3.05, 3.63) is 41.8 Å². The number of aliphatic carboxylic acids is 2. The van der Waals surface area contributed by atoms with E-state index in [4.69, 9.17) is 30.3 Å². The number of benzene rings is 2. The average Bonchev–Trinajstić information content (AvgIpc) is 2.88. The average molecular weight is 670 g/mol. The molecule has 18 heteroatoms. The monoisotopic (exact) mass is 669 g/mol. The summed E-state index contributed by atoms with van der Waals surface area (Å²) < 4.78 is 69.7. The van der Waals surface area contributed by atoms with Crippen molar-refractivity contribution in [2.24, 2.45) is 10.7 Å². The van der Waals surface area contributed by atoms with Crippen molar-refractivity contribution in [3.8, 4) is 10.6 Å². The van der Waals surface area contributed by atoms with E-state index in [2.05, 4.69) is 58.7 Å². The number of carbonyl (C=O) groups is 3. The minimum absolute atomic E-state index is 0.168. The fourth-order valence-corrected chi connectivity index (χ4v) is 4.01. The Balaban J connectivity index is 0.000000601. The first-order valence-corrected chi connectivity index (χ1v) is 13.7. The van der Waals surface area contributed by atoms with Crippen molar-refractivity contribution in [3.63, 3.8) is 0 Å². The van der Waals surface area contributed by atoms with Gasteiger partial charge in [0.25, 0.3) is 0 Å². The molecule has 1 amide bonds. The van der Waals surface area contributed by atoms with E-state index in [1.165, 1.54) is 0 Å². The lowest BCUT2D eigenvalue weighted by Crippen LogP contribution is -2.39. The molecular formula is C27H33F6N5O6S. The Hall–Kier alpha value is -4.19. The number of hydrogen-bond acceptors (Lipinski definition) is 9. The van der Waals surface area contributed by atoms with Crippen LogP contribution in [-0.4, -0.2) is 66.3 Å². The quantitative estimate of drug-likeness (QED) is 0.175. The van der Waals surface area contributed by atoms with Crippen LogP contribution in [-0.2, 0) is 14.3 Å². The third kappa shape index (κ3) is 14.9. The van der Waals surface area contributed by atoms with Gasteiger partial charge in [-0.2, -0.15) is 26.3 Å². The molecule has 1 aliphatic heterocycles. The largest absolute Gasteiger partial charge is 0.542 e. The first-order valence-electron chi connectivity index (χ1n) is 12.9. The molecule has 0 spiro atoms. The number of hydrogen-bond donors (Lipinski definition) is 4. The highest BCUT2D eigenvalue weighted by molar-refractivity contribution is 7.21. The Morgan fingerprint density at radius 3 is 2.07 bits per heavy atom. The molecule has 1 aromatic rings. The third-order valence-corrected chi connectivity index (χ3v) is 6.09. The second kappa shape index (κ2) is 15.7. The molecule has 45 heavy (non-hydrogen) atoms. The standard InChI is InChI=1S/C23H31N5O2S.2C2HF3O2/c1-22(2,3)30-21(29)26-11-10-25-15-6-8-17-19(12-15)31-20-13-16(7-9-18(20)27-17)28-23(4,5)14-24;2*3-2(4,5)1(6)7/h6-9,12-13,28H,10-11,14,24H2,1-5H3,(H,26,29);2*(H,6,7). The van der Waals surface area contributed by atoms with E-state index in [9.17, 15) is 31.1 Å². The van der Waals surface area contributed by atoms with Crippen LogP contribution in [0.2, 0.25) is 0 Å². The number of fused-ring (bicyclic) bond motifs is 2. The van der Waals surface area contributed by atoms with Crippen LogP contribution in [0.15, 0.2) is 41.4 Å². The Kier molecular flexibility index (Phi) is 13.5. The van der Waals surface area contributed by atoms with Gasteiger partial charge in [-0.15, -0.1) is 11.3 Å². The lowest BCUT2D eigenvalue weighted by atomic mass is 10.1. The van der Waals surface area contributed by atoms with E-state index in [0.717, 1.165) is 31.8 Å².